The largest absolute Gasteiger partial charge is 0.322 e. The summed E-state index contributed by atoms with van der Waals surface area (Å²) in [5.74, 6) is -0.215. The Morgan fingerprint density at radius 3 is 2.67 bits per heavy atom. The molecule has 0 aliphatic heterocycles. The number of aryl methyl sites for hydroxylation is 1. The molecule has 3 nitrogen and oxygen atoms in total. The topological polar surface area (TPSA) is 42.0 Å². The first-order chi connectivity index (χ1) is 13.0. The minimum absolute atomic E-state index is 0.215. The number of hydrogen-bond acceptors (Lipinski definition) is 3. The van der Waals surface area contributed by atoms with Gasteiger partial charge in [0.25, 0.3) is 5.91 Å². The van der Waals surface area contributed by atoms with Crippen LogP contribution in [0.15, 0.2) is 60.7 Å². The Morgan fingerprint density at radius 1 is 1.04 bits per heavy atom. The molecule has 0 bridgehead atoms. The third kappa shape index (κ3) is 3.46. The average molecular weight is 393 g/mol. The van der Waals surface area contributed by atoms with E-state index in [1.807, 2.05) is 56.3 Å². The summed E-state index contributed by atoms with van der Waals surface area (Å²) in [4.78, 5) is 17.5. The number of carbonyl (C=O) groups is 1. The molecule has 0 radical (unpaired) electrons. The van der Waals surface area contributed by atoms with Gasteiger partial charge in [0.15, 0.2) is 0 Å². The van der Waals surface area contributed by atoms with Crippen molar-refractivity contribution in [3.63, 3.8) is 0 Å². The van der Waals surface area contributed by atoms with E-state index < -0.39 is 0 Å². The summed E-state index contributed by atoms with van der Waals surface area (Å²) in [7, 11) is 0. The summed E-state index contributed by atoms with van der Waals surface area (Å²) in [6.45, 7) is 3.93. The molecule has 27 heavy (non-hydrogen) atoms. The Bertz CT molecular complexity index is 1130. The molecule has 0 saturated heterocycles. The van der Waals surface area contributed by atoms with Gasteiger partial charge in [0, 0.05) is 11.3 Å². The molecule has 3 aromatic carbocycles. The first-order valence-corrected chi connectivity index (χ1v) is 9.75. The zero-order valence-electron chi connectivity index (χ0n) is 14.9. The van der Waals surface area contributed by atoms with Crippen LogP contribution in [0, 0.1) is 13.8 Å². The molecule has 0 fully saturated rings. The normalized spacial score (nSPS) is 10.9. The molecule has 0 aliphatic carbocycles. The number of amides is 1. The highest BCUT2D eigenvalue weighted by Crippen LogP contribution is 2.34. The summed E-state index contributed by atoms with van der Waals surface area (Å²) >= 11 is 7.85. The Labute approximate surface area is 166 Å². The second kappa shape index (κ2) is 7.14. The minimum atomic E-state index is -0.215. The van der Waals surface area contributed by atoms with Gasteiger partial charge in [-0.3, -0.25) is 4.79 Å². The molecule has 0 unspecified atom stereocenters. The van der Waals surface area contributed by atoms with Gasteiger partial charge < -0.3 is 5.32 Å². The van der Waals surface area contributed by atoms with Gasteiger partial charge in [-0.25, -0.2) is 4.98 Å². The Kier molecular flexibility index (Phi) is 4.68. The number of anilines is 1. The highest BCUT2D eigenvalue weighted by Gasteiger charge is 2.15. The molecule has 5 heteroatoms. The predicted octanol–water partition coefficient (Wildman–Crippen LogP) is 6.49. The van der Waals surface area contributed by atoms with Crippen LogP contribution in [0.1, 0.15) is 21.5 Å². The average Bonchev–Trinajstić information content (AvgIpc) is 3.09. The molecule has 0 saturated carbocycles. The number of benzene rings is 3. The lowest BCUT2D eigenvalue weighted by atomic mass is 10.1. The van der Waals surface area contributed by atoms with Crippen LogP contribution >= 0.6 is 22.9 Å². The van der Waals surface area contributed by atoms with E-state index in [1.54, 1.807) is 23.5 Å². The van der Waals surface area contributed by atoms with Crippen LogP contribution in [0.2, 0.25) is 5.02 Å². The quantitative estimate of drug-likeness (QED) is 0.433. The summed E-state index contributed by atoms with van der Waals surface area (Å²) in [5, 5.41) is 4.38. The lowest BCUT2D eigenvalue weighted by Crippen LogP contribution is -2.13. The maximum absolute atomic E-state index is 12.7. The molecule has 1 amide bonds. The Morgan fingerprint density at radius 2 is 1.85 bits per heavy atom. The summed E-state index contributed by atoms with van der Waals surface area (Å²) in [6.07, 6.45) is 0. The first-order valence-electron chi connectivity index (χ1n) is 8.56. The molecule has 1 N–H and O–H groups in total. The van der Waals surface area contributed by atoms with E-state index in [4.69, 9.17) is 16.6 Å². The number of rotatable bonds is 3. The molecule has 0 atom stereocenters. The van der Waals surface area contributed by atoms with E-state index in [2.05, 4.69) is 11.4 Å². The number of nitrogens with zero attached hydrogens (tertiary/aromatic N) is 1. The molecule has 4 rings (SSSR count). The van der Waals surface area contributed by atoms with Crippen molar-refractivity contribution < 1.29 is 4.79 Å². The number of carbonyl (C=O) groups excluding carboxylic acids is 1. The van der Waals surface area contributed by atoms with Gasteiger partial charge in [-0.15, -0.1) is 11.3 Å². The van der Waals surface area contributed by atoms with E-state index in [-0.39, 0.29) is 5.91 Å². The SMILES string of the molecule is Cc1ccc(Cl)c(C(=O)Nc2cccc(-c3nc4ccccc4s3)c2C)c1. The Hall–Kier alpha value is -2.69. The van der Waals surface area contributed by atoms with Crippen molar-refractivity contribution in [3.8, 4) is 10.6 Å². The summed E-state index contributed by atoms with van der Waals surface area (Å²) in [5.41, 5.74) is 5.20. The van der Waals surface area contributed by atoms with Gasteiger partial charge in [-0.05, 0) is 49.7 Å². The second-order valence-corrected chi connectivity index (χ2v) is 7.84. The third-order valence-electron chi connectivity index (χ3n) is 4.47. The zero-order valence-corrected chi connectivity index (χ0v) is 16.5. The van der Waals surface area contributed by atoms with Crippen LogP contribution in [0.5, 0.6) is 0 Å². The maximum Gasteiger partial charge on any atom is 0.257 e. The molecular weight excluding hydrogens is 376 g/mol. The number of hydrogen-bond donors (Lipinski definition) is 1. The smallest absolute Gasteiger partial charge is 0.257 e. The zero-order chi connectivity index (χ0) is 19.0. The van der Waals surface area contributed by atoms with Crippen molar-refractivity contribution in [2.24, 2.45) is 0 Å². The van der Waals surface area contributed by atoms with Crippen molar-refractivity contribution in [1.29, 1.82) is 0 Å². The van der Waals surface area contributed by atoms with Gasteiger partial charge in [0.05, 0.1) is 20.8 Å². The van der Waals surface area contributed by atoms with Crippen LogP contribution in [0.4, 0.5) is 5.69 Å². The maximum atomic E-state index is 12.7. The van der Waals surface area contributed by atoms with Crippen LogP contribution < -0.4 is 5.32 Å². The fourth-order valence-corrected chi connectivity index (χ4v) is 4.24. The fraction of sp³-hybridized carbons (Fsp3) is 0.0909. The molecule has 1 heterocycles. The van der Waals surface area contributed by atoms with Crippen molar-refractivity contribution in [2.75, 3.05) is 5.32 Å². The Balaban J connectivity index is 1.69. The molecule has 134 valence electrons. The standard InChI is InChI=1S/C22H17ClN2OS/c1-13-10-11-17(23)16(12-13)21(26)24-18-8-5-6-15(14(18)2)22-25-19-7-3-4-9-20(19)27-22/h3-12H,1-2H3,(H,24,26). The van der Waals surface area contributed by atoms with Crippen LogP contribution in [-0.4, -0.2) is 10.9 Å². The predicted molar refractivity (Wildman–Crippen MR) is 114 cm³/mol. The van der Waals surface area contributed by atoms with Crippen LogP contribution in [0.25, 0.3) is 20.8 Å². The minimum Gasteiger partial charge on any atom is -0.322 e. The monoisotopic (exact) mass is 392 g/mol. The van der Waals surface area contributed by atoms with Gasteiger partial charge in [-0.1, -0.05) is 47.5 Å². The second-order valence-electron chi connectivity index (χ2n) is 6.40. The van der Waals surface area contributed by atoms with E-state index in [0.29, 0.717) is 10.6 Å². The van der Waals surface area contributed by atoms with Gasteiger partial charge in [0.2, 0.25) is 0 Å². The van der Waals surface area contributed by atoms with Gasteiger partial charge in [-0.2, -0.15) is 0 Å². The third-order valence-corrected chi connectivity index (χ3v) is 5.87. The van der Waals surface area contributed by atoms with E-state index >= 15 is 0 Å². The van der Waals surface area contributed by atoms with E-state index in [9.17, 15) is 4.79 Å². The van der Waals surface area contributed by atoms with E-state index in [0.717, 1.165) is 37.6 Å². The molecule has 0 aliphatic rings. The number of nitrogens with one attached hydrogen (secondary N) is 1. The van der Waals surface area contributed by atoms with Crippen molar-refractivity contribution in [3.05, 3.63) is 82.4 Å². The summed E-state index contributed by atoms with van der Waals surface area (Å²) in [6, 6.07) is 19.4. The number of thiazole rings is 1. The van der Waals surface area contributed by atoms with Crippen LogP contribution in [0.3, 0.4) is 0 Å². The fourth-order valence-electron chi connectivity index (χ4n) is 2.99. The number of para-hydroxylation sites is 1. The molecule has 1 aromatic heterocycles. The lowest BCUT2D eigenvalue weighted by Gasteiger charge is -2.12. The number of aromatic nitrogens is 1. The molecule has 0 spiro atoms. The van der Waals surface area contributed by atoms with E-state index in [1.165, 1.54) is 0 Å². The van der Waals surface area contributed by atoms with Crippen molar-refractivity contribution in [2.45, 2.75) is 13.8 Å². The van der Waals surface area contributed by atoms with Crippen molar-refractivity contribution >= 4 is 44.7 Å². The van der Waals surface area contributed by atoms with Gasteiger partial charge >= 0.3 is 0 Å². The number of fused-ring (bicyclic) bond motifs is 1. The molecular formula is C22H17ClN2OS. The number of halogens is 1. The first kappa shape index (κ1) is 17.7. The highest BCUT2D eigenvalue weighted by molar-refractivity contribution is 7.21. The van der Waals surface area contributed by atoms with Gasteiger partial charge in [0.1, 0.15) is 5.01 Å². The molecule has 4 aromatic rings. The van der Waals surface area contributed by atoms with Crippen LogP contribution in [-0.2, 0) is 0 Å². The summed E-state index contributed by atoms with van der Waals surface area (Å²) < 4.78 is 1.15. The highest BCUT2D eigenvalue weighted by atomic mass is 35.5. The van der Waals surface area contributed by atoms with Crippen molar-refractivity contribution in [1.82, 2.24) is 4.98 Å². The lowest BCUT2D eigenvalue weighted by molar-refractivity contribution is 0.102.